The maximum atomic E-state index is 5.99. The van der Waals surface area contributed by atoms with Crippen molar-refractivity contribution in [3.05, 3.63) is 0 Å². The average molecular weight is 172 g/mol. The lowest BCUT2D eigenvalue weighted by Gasteiger charge is -2.35. The maximum Gasteiger partial charge on any atom is 0.197 e. The zero-order valence-corrected chi connectivity index (χ0v) is 9.24. The second-order valence-electron chi connectivity index (χ2n) is 4.18. The Morgan fingerprint density at radius 3 is 2.00 bits per heavy atom. The first kappa shape index (κ1) is 9.27. The van der Waals surface area contributed by atoms with Gasteiger partial charge in [-0.1, -0.05) is 27.7 Å². The van der Waals surface area contributed by atoms with Crippen LogP contribution in [0.25, 0.3) is 0 Å². The normalized spacial score (nSPS) is 27.3. The predicted octanol–water partition coefficient (Wildman–Crippen LogP) is 3.17. The molecule has 2 heteroatoms. The highest BCUT2D eigenvalue weighted by molar-refractivity contribution is 6.77. The Kier molecular flexibility index (Phi) is 2.45. The number of rotatable bonds is 2. The van der Waals surface area contributed by atoms with Crippen molar-refractivity contribution >= 4 is 8.32 Å². The molecule has 1 aliphatic heterocycles. The smallest absolute Gasteiger partial charge is 0.197 e. The van der Waals surface area contributed by atoms with Crippen molar-refractivity contribution in [1.82, 2.24) is 0 Å². The summed E-state index contributed by atoms with van der Waals surface area (Å²) in [7, 11) is -1.31. The second kappa shape index (κ2) is 2.90. The first-order valence-corrected chi connectivity index (χ1v) is 7.04. The van der Waals surface area contributed by atoms with Crippen molar-refractivity contribution in [1.29, 1.82) is 0 Å². The van der Waals surface area contributed by atoms with Crippen LogP contribution in [0, 0.1) is 0 Å². The van der Waals surface area contributed by atoms with Crippen LogP contribution in [0.2, 0.25) is 17.1 Å². The van der Waals surface area contributed by atoms with E-state index in [9.17, 15) is 0 Å². The Hall–Kier alpha value is 0.177. The summed E-state index contributed by atoms with van der Waals surface area (Å²) in [5.41, 5.74) is 0. The average Bonchev–Trinajstić information content (AvgIpc) is 2.26. The molecule has 0 amide bonds. The molecule has 1 aliphatic rings. The number of hydrogen-bond acceptors (Lipinski definition) is 1. The largest absolute Gasteiger partial charge is 0.416 e. The van der Waals surface area contributed by atoms with Crippen molar-refractivity contribution in [3.63, 3.8) is 0 Å². The molecule has 0 bridgehead atoms. The Morgan fingerprint density at radius 2 is 1.82 bits per heavy atom. The van der Waals surface area contributed by atoms with Crippen molar-refractivity contribution in [2.24, 2.45) is 0 Å². The van der Waals surface area contributed by atoms with Gasteiger partial charge < -0.3 is 4.43 Å². The first-order chi connectivity index (χ1) is 5.08. The molecule has 1 heterocycles. The van der Waals surface area contributed by atoms with Crippen molar-refractivity contribution in [2.75, 3.05) is 6.61 Å². The molecule has 0 aromatic rings. The van der Waals surface area contributed by atoms with E-state index in [1.807, 2.05) is 0 Å². The summed E-state index contributed by atoms with van der Waals surface area (Å²) < 4.78 is 5.99. The van der Waals surface area contributed by atoms with E-state index in [2.05, 4.69) is 27.7 Å². The zero-order chi connectivity index (χ0) is 8.54. The SMILES string of the molecule is CC[Si]1(CC)OCCC1(C)C. The molecule has 66 valence electrons. The van der Waals surface area contributed by atoms with Gasteiger partial charge in [0.05, 0.1) is 0 Å². The van der Waals surface area contributed by atoms with E-state index in [0.717, 1.165) is 6.61 Å². The summed E-state index contributed by atoms with van der Waals surface area (Å²) in [6.07, 6.45) is 1.28. The van der Waals surface area contributed by atoms with Gasteiger partial charge in [0.2, 0.25) is 0 Å². The molecule has 0 aliphatic carbocycles. The van der Waals surface area contributed by atoms with Crippen LogP contribution in [0.3, 0.4) is 0 Å². The van der Waals surface area contributed by atoms with E-state index < -0.39 is 8.32 Å². The molecule has 1 saturated heterocycles. The molecule has 0 unspecified atom stereocenters. The highest BCUT2D eigenvalue weighted by Gasteiger charge is 2.50. The standard InChI is InChI=1S/C9H20OSi/c1-5-11(6-2)9(3,4)7-8-10-11/h5-8H2,1-4H3. The van der Waals surface area contributed by atoms with E-state index in [4.69, 9.17) is 4.43 Å². The first-order valence-electron chi connectivity index (χ1n) is 4.72. The van der Waals surface area contributed by atoms with Crippen molar-refractivity contribution in [3.8, 4) is 0 Å². The van der Waals surface area contributed by atoms with Crippen molar-refractivity contribution in [2.45, 2.75) is 51.2 Å². The van der Waals surface area contributed by atoms with Gasteiger partial charge in [0.1, 0.15) is 0 Å². The lowest BCUT2D eigenvalue weighted by atomic mass is 10.1. The summed E-state index contributed by atoms with van der Waals surface area (Å²) in [5.74, 6) is 0. The van der Waals surface area contributed by atoms with Gasteiger partial charge in [-0.15, -0.1) is 0 Å². The third kappa shape index (κ3) is 1.27. The molecular formula is C9H20OSi. The van der Waals surface area contributed by atoms with E-state index in [1.54, 1.807) is 0 Å². The van der Waals surface area contributed by atoms with E-state index in [-0.39, 0.29) is 0 Å². The summed E-state index contributed by atoms with van der Waals surface area (Å²) in [5, 5.41) is 0.524. The van der Waals surface area contributed by atoms with Crippen LogP contribution in [-0.4, -0.2) is 14.9 Å². The molecule has 0 aromatic carbocycles. The van der Waals surface area contributed by atoms with Crippen LogP contribution in [0.15, 0.2) is 0 Å². The minimum atomic E-state index is -1.31. The fourth-order valence-corrected chi connectivity index (χ4v) is 6.60. The van der Waals surface area contributed by atoms with Crippen LogP contribution in [0.5, 0.6) is 0 Å². The van der Waals surface area contributed by atoms with Gasteiger partial charge in [-0.2, -0.15) is 0 Å². The minimum absolute atomic E-state index is 0.524. The molecule has 0 radical (unpaired) electrons. The fraction of sp³-hybridized carbons (Fsp3) is 1.00. The zero-order valence-electron chi connectivity index (χ0n) is 8.24. The van der Waals surface area contributed by atoms with E-state index >= 15 is 0 Å². The molecular weight excluding hydrogens is 152 g/mol. The second-order valence-corrected chi connectivity index (χ2v) is 9.23. The van der Waals surface area contributed by atoms with Gasteiger partial charge in [0.15, 0.2) is 8.32 Å². The lowest BCUT2D eigenvalue weighted by molar-refractivity contribution is 0.343. The monoisotopic (exact) mass is 172 g/mol. The van der Waals surface area contributed by atoms with Crippen LogP contribution in [0.1, 0.15) is 34.1 Å². The van der Waals surface area contributed by atoms with E-state index in [1.165, 1.54) is 18.5 Å². The molecule has 0 spiro atoms. The van der Waals surface area contributed by atoms with E-state index in [0.29, 0.717) is 5.04 Å². The Labute approximate surface area is 71.3 Å². The molecule has 1 fully saturated rings. The van der Waals surface area contributed by atoms with Gasteiger partial charge in [-0.25, -0.2) is 0 Å². The highest BCUT2D eigenvalue weighted by atomic mass is 28.4. The van der Waals surface area contributed by atoms with Gasteiger partial charge in [-0.05, 0) is 23.5 Å². The van der Waals surface area contributed by atoms with Gasteiger partial charge >= 0.3 is 0 Å². The molecule has 1 nitrogen and oxygen atoms in total. The Bertz CT molecular complexity index is 138. The molecule has 0 N–H and O–H groups in total. The summed E-state index contributed by atoms with van der Waals surface area (Å²) >= 11 is 0. The highest BCUT2D eigenvalue weighted by Crippen LogP contribution is 2.50. The third-order valence-electron chi connectivity index (χ3n) is 3.48. The summed E-state index contributed by atoms with van der Waals surface area (Å²) in [4.78, 5) is 0. The summed E-state index contributed by atoms with van der Waals surface area (Å²) in [6, 6.07) is 2.58. The van der Waals surface area contributed by atoms with Crippen LogP contribution in [-0.2, 0) is 4.43 Å². The fourth-order valence-electron chi connectivity index (χ4n) is 2.34. The maximum absolute atomic E-state index is 5.99. The minimum Gasteiger partial charge on any atom is -0.416 e. The molecule has 0 aromatic heterocycles. The Balaban J connectivity index is 2.81. The van der Waals surface area contributed by atoms with Crippen molar-refractivity contribution < 1.29 is 4.43 Å². The number of hydrogen-bond donors (Lipinski definition) is 0. The van der Waals surface area contributed by atoms with Gasteiger partial charge in [-0.3, -0.25) is 0 Å². The molecule has 0 atom stereocenters. The van der Waals surface area contributed by atoms with Crippen LogP contribution < -0.4 is 0 Å². The van der Waals surface area contributed by atoms with Crippen LogP contribution in [0.4, 0.5) is 0 Å². The molecule has 11 heavy (non-hydrogen) atoms. The summed E-state index contributed by atoms with van der Waals surface area (Å²) in [6.45, 7) is 10.4. The molecule has 1 rings (SSSR count). The Morgan fingerprint density at radius 1 is 1.27 bits per heavy atom. The van der Waals surface area contributed by atoms with Gasteiger partial charge in [0.25, 0.3) is 0 Å². The lowest BCUT2D eigenvalue weighted by Crippen LogP contribution is -2.41. The molecule has 0 saturated carbocycles. The predicted molar refractivity (Wildman–Crippen MR) is 51.3 cm³/mol. The third-order valence-corrected chi connectivity index (χ3v) is 9.24. The quantitative estimate of drug-likeness (QED) is 0.581. The van der Waals surface area contributed by atoms with Gasteiger partial charge in [0, 0.05) is 6.61 Å². The van der Waals surface area contributed by atoms with Crippen LogP contribution >= 0.6 is 0 Å². The topological polar surface area (TPSA) is 9.23 Å².